The molecule has 0 bridgehead atoms. The molecule has 1 N–H and O–H groups in total. The van der Waals surface area contributed by atoms with E-state index in [1.165, 1.54) is 15.6 Å². The quantitative estimate of drug-likeness (QED) is 0.717. The Morgan fingerprint density at radius 1 is 1.50 bits per heavy atom. The molecule has 1 nitrogen and oxygen atoms in total. The fraction of sp³-hybridized carbons (Fsp3) is 0.400. The predicted octanol–water partition coefficient (Wildman–Crippen LogP) is 2.66. The maximum atomic E-state index is 3.58. The fourth-order valence-corrected chi connectivity index (χ4v) is 2.56. The fourth-order valence-electron chi connectivity index (χ4n) is 1.81. The highest BCUT2D eigenvalue weighted by Crippen LogP contribution is 2.29. The number of hydrogen-bond acceptors (Lipinski definition) is 1. The molecule has 1 heterocycles. The lowest BCUT2D eigenvalue weighted by Crippen LogP contribution is -2.27. The van der Waals surface area contributed by atoms with Crippen molar-refractivity contribution in [3.8, 4) is 0 Å². The van der Waals surface area contributed by atoms with Crippen molar-refractivity contribution in [1.82, 2.24) is 5.32 Å². The number of nitrogens with one attached hydrogen (secondary N) is 1. The first kappa shape index (κ1) is 8.27. The molecule has 0 saturated carbocycles. The Kier molecular flexibility index (Phi) is 2.20. The average molecular weight is 226 g/mol. The summed E-state index contributed by atoms with van der Waals surface area (Å²) in [5.74, 6) is 0. The van der Waals surface area contributed by atoms with E-state index in [1.54, 1.807) is 0 Å². The lowest BCUT2D eigenvalue weighted by molar-refractivity contribution is 0.539. The number of halogens is 1. The number of hydrogen-bond donors (Lipinski definition) is 1. The molecule has 0 aromatic heterocycles. The van der Waals surface area contributed by atoms with Gasteiger partial charge in [0, 0.05) is 10.5 Å². The molecule has 0 saturated heterocycles. The van der Waals surface area contributed by atoms with Crippen molar-refractivity contribution in [2.24, 2.45) is 0 Å². The SMILES string of the molecule is CC1NCCc2cccc(Br)c21. The molecule has 0 spiro atoms. The Morgan fingerprint density at radius 2 is 2.33 bits per heavy atom. The van der Waals surface area contributed by atoms with Crippen LogP contribution >= 0.6 is 15.9 Å². The number of fused-ring (bicyclic) bond motifs is 1. The van der Waals surface area contributed by atoms with Gasteiger partial charge in [-0.25, -0.2) is 0 Å². The second kappa shape index (κ2) is 3.19. The molecule has 2 rings (SSSR count). The predicted molar refractivity (Wildman–Crippen MR) is 54.3 cm³/mol. The first-order valence-corrected chi connectivity index (χ1v) is 5.09. The van der Waals surface area contributed by atoms with Crippen LogP contribution in [-0.2, 0) is 6.42 Å². The molecule has 2 heteroatoms. The molecule has 1 aromatic rings. The van der Waals surface area contributed by atoms with Crippen molar-refractivity contribution in [2.45, 2.75) is 19.4 Å². The van der Waals surface area contributed by atoms with Crippen LogP contribution in [0.3, 0.4) is 0 Å². The van der Waals surface area contributed by atoms with Gasteiger partial charge in [-0.1, -0.05) is 28.1 Å². The molecule has 12 heavy (non-hydrogen) atoms. The molecule has 1 atom stereocenters. The third-order valence-electron chi connectivity index (χ3n) is 2.42. The van der Waals surface area contributed by atoms with Crippen molar-refractivity contribution in [1.29, 1.82) is 0 Å². The van der Waals surface area contributed by atoms with E-state index in [9.17, 15) is 0 Å². The van der Waals surface area contributed by atoms with Gasteiger partial charge in [0.1, 0.15) is 0 Å². The molecular weight excluding hydrogens is 214 g/mol. The Labute approximate surface area is 81.3 Å². The molecule has 1 aliphatic rings. The summed E-state index contributed by atoms with van der Waals surface area (Å²) in [6, 6.07) is 6.94. The summed E-state index contributed by atoms with van der Waals surface area (Å²) in [5, 5.41) is 3.45. The van der Waals surface area contributed by atoms with Crippen LogP contribution in [0.15, 0.2) is 22.7 Å². The second-order valence-electron chi connectivity index (χ2n) is 3.24. The molecule has 0 fully saturated rings. The minimum absolute atomic E-state index is 0.490. The highest BCUT2D eigenvalue weighted by molar-refractivity contribution is 9.10. The van der Waals surface area contributed by atoms with E-state index in [4.69, 9.17) is 0 Å². The van der Waals surface area contributed by atoms with Gasteiger partial charge in [0.05, 0.1) is 0 Å². The summed E-state index contributed by atoms with van der Waals surface area (Å²) < 4.78 is 1.24. The smallest absolute Gasteiger partial charge is 0.0305 e. The van der Waals surface area contributed by atoms with E-state index in [0.717, 1.165) is 13.0 Å². The Balaban J connectivity index is 2.53. The van der Waals surface area contributed by atoms with E-state index in [1.807, 2.05) is 0 Å². The summed E-state index contributed by atoms with van der Waals surface area (Å²) in [5.41, 5.74) is 2.92. The minimum atomic E-state index is 0.490. The Morgan fingerprint density at radius 3 is 3.08 bits per heavy atom. The maximum Gasteiger partial charge on any atom is 0.0305 e. The monoisotopic (exact) mass is 225 g/mol. The van der Waals surface area contributed by atoms with E-state index in [-0.39, 0.29) is 0 Å². The molecule has 64 valence electrons. The molecule has 0 aliphatic carbocycles. The van der Waals surface area contributed by atoms with Crippen LogP contribution in [0.1, 0.15) is 24.1 Å². The van der Waals surface area contributed by atoms with E-state index >= 15 is 0 Å². The van der Waals surface area contributed by atoms with Gasteiger partial charge >= 0.3 is 0 Å². The molecule has 0 radical (unpaired) electrons. The summed E-state index contributed by atoms with van der Waals surface area (Å²) in [6.45, 7) is 3.31. The average Bonchev–Trinajstić information content (AvgIpc) is 2.04. The van der Waals surface area contributed by atoms with Crippen LogP contribution in [0.4, 0.5) is 0 Å². The van der Waals surface area contributed by atoms with Crippen LogP contribution in [-0.4, -0.2) is 6.54 Å². The van der Waals surface area contributed by atoms with E-state index in [0.29, 0.717) is 6.04 Å². The third kappa shape index (κ3) is 1.29. The molecular formula is C10H12BrN. The van der Waals surface area contributed by atoms with Crippen molar-refractivity contribution in [3.05, 3.63) is 33.8 Å². The zero-order valence-corrected chi connectivity index (χ0v) is 8.69. The molecule has 1 aliphatic heterocycles. The summed E-state index contributed by atoms with van der Waals surface area (Å²) >= 11 is 3.58. The molecule has 1 unspecified atom stereocenters. The number of benzene rings is 1. The van der Waals surface area contributed by atoms with Gasteiger partial charge in [0.15, 0.2) is 0 Å². The molecule has 0 amide bonds. The standard InChI is InChI=1S/C10H12BrN/c1-7-10-8(5-6-12-7)3-2-4-9(10)11/h2-4,7,12H,5-6H2,1H3. The van der Waals surface area contributed by atoms with E-state index in [2.05, 4.69) is 46.4 Å². The normalized spacial score (nSPS) is 22.0. The summed E-state index contributed by atoms with van der Waals surface area (Å²) in [4.78, 5) is 0. The van der Waals surface area contributed by atoms with Crippen molar-refractivity contribution in [2.75, 3.05) is 6.54 Å². The van der Waals surface area contributed by atoms with Crippen LogP contribution in [0, 0.1) is 0 Å². The van der Waals surface area contributed by atoms with Gasteiger partial charge in [0.25, 0.3) is 0 Å². The topological polar surface area (TPSA) is 12.0 Å². The molecule has 1 aromatic carbocycles. The lowest BCUT2D eigenvalue weighted by atomic mass is 9.96. The van der Waals surface area contributed by atoms with Crippen molar-refractivity contribution >= 4 is 15.9 Å². The van der Waals surface area contributed by atoms with Crippen LogP contribution in [0.5, 0.6) is 0 Å². The van der Waals surface area contributed by atoms with Crippen molar-refractivity contribution in [3.63, 3.8) is 0 Å². The van der Waals surface area contributed by atoms with Gasteiger partial charge in [-0.2, -0.15) is 0 Å². The van der Waals surface area contributed by atoms with Crippen molar-refractivity contribution < 1.29 is 0 Å². The minimum Gasteiger partial charge on any atom is -0.310 e. The first-order chi connectivity index (χ1) is 5.79. The van der Waals surface area contributed by atoms with Crippen LogP contribution in [0.25, 0.3) is 0 Å². The zero-order valence-electron chi connectivity index (χ0n) is 7.10. The third-order valence-corrected chi connectivity index (χ3v) is 3.11. The lowest BCUT2D eigenvalue weighted by Gasteiger charge is -2.24. The van der Waals surface area contributed by atoms with Gasteiger partial charge in [-0.05, 0) is 37.1 Å². The second-order valence-corrected chi connectivity index (χ2v) is 4.09. The summed E-state index contributed by atoms with van der Waals surface area (Å²) in [7, 11) is 0. The summed E-state index contributed by atoms with van der Waals surface area (Å²) in [6.07, 6.45) is 1.15. The number of rotatable bonds is 0. The van der Waals surface area contributed by atoms with Crippen LogP contribution < -0.4 is 5.32 Å². The van der Waals surface area contributed by atoms with E-state index < -0.39 is 0 Å². The van der Waals surface area contributed by atoms with Gasteiger partial charge in [-0.3, -0.25) is 0 Å². The Hall–Kier alpha value is -0.340. The van der Waals surface area contributed by atoms with Crippen LogP contribution in [0.2, 0.25) is 0 Å². The first-order valence-electron chi connectivity index (χ1n) is 4.29. The highest BCUT2D eigenvalue weighted by atomic mass is 79.9. The van der Waals surface area contributed by atoms with Gasteiger partial charge < -0.3 is 5.32 Å². The van der Waals surface area contributed by atoms with Gasteiger partial charge in [0.2, 0.25) is 0 Å². The Bertz CT molecular complexity index is 296. The zero-order chi connectivity index (χ0) is 8.55. The van der Waals surface area contributed by atoms with Gasteiger partial charge in [-0.15, -0.1) is 0 Å². The highest BCUT2D eigenvalue weighted by Gasteiger charge is 2.17. The largest absolute Gasteiger partial charge is 0.310 e. The maximum absolute atomic E-state index is 3.58.